The van der Waals surface area contributed by atoms with Gasteiger partial charge in [-0.2, -0.15) is 0 Å². The molecule has 47 heavy (non-hydrogen) atoms. The molecule has 0 unspecified atom stereocenters. The van der Waals surface area contributed by atoms with Crippen molar-refractivity contribution in [3.63, 3.8) is 0 Å². The Morgan fingerprint density at radius 2 is 1.47 bits per heavy atom. The van der Waals surface area contributed by atoms with Crippen molar-refractivity contribution in [1.29, 1.82) is 0 Å². The molecular weight excluding hydrogens is 679 g/mol. The zero-order valence-electron chi connectivity index (χ0n) is 25.2. The van der Waals surface area contributed by atoms with E-state index in [-0.39, 0.29) is 24.7 Å². The summed E-state index contributed by atoms with van der Waals surface area (Å²) in [6.45, 7) is 2.06. The van der Waals surface area contributed by atoms with Crippen molar-refractivity contribution in [2.24, 2.45) is 5.92 Å². The number of benzene rings is 4. The summed E-state index contributed by atoms with van der Waals surface area (Å²) in [6.07, 6.45) is -1.26. The van der Waals surface area contributed by atoms with Crippen LogP contribution in [-0.2, 0) is 20.9 Å². The number of carbonyl (C=O) groups excluding carboxylic acids is 1. The number of halogens is 3. The van der Waals surface area contributed by atoms with Crippen LogP contribution in [0.4, 0.5) is 5.69 Å². The lowest BCUT2D eigenvalue weighted by Gasteiger charge is -2.41. The van der Waals surface area contributed by atoms with Gasteiger partial charge < -0.3 is 24.3 Å². The quantitative estimate of drug-likeness (QED) is 0.116. The first-order valence-electron chi connectivity index (χ1n) is 14.9. The third kappa shape index (κ3) is 8.04. The molecule has 2 N–H and O–H groups in total. The molecule has 1 aliphatic rings. The molecule has 0 aliphatic carbocycles. The van der Waals surface area contributed by atoms with Gasteiger partial charge >= 0.3 is 0 Å². The van der Waals surface area contributed by atoms with Crippen LogP contribution in [0.2, 0.25) is 0 Å². The molecule has 0 radical (unpaired) electrons. The summed E-state index contributed by atoms with van der Waals surface area (Å²) in [4.78, 5) is 17.0. The molecule has 0 bridgehead atoms. The fourth-order valence-corrected chi connectivity index (χ4v) is 6.46. The number of aliphatic hydroxyl groups excluding tert-OH is 1. The molecule has 1 amide bonds. The molecule has 0 spiro atoms. The van der Waals surface area contributed by atoms with Gasteiger partial charge in [-0.1, -0.05) is 151 Å². The summed E-state index contributed by atoms with van der Waals surface area (Å²) in [5.41, 5.74) is 5.70. The van der Waals surface area contributed by atoms with Gasteiger partial charge in [0, 0.05) is 34.0 Å². The first-order chi connectivity index (χ1) is 22.7. The Morgan fingerprint density at radius 3 is 2.09 bits per heavy atom. The van der Waals surface area contributed by atoms with Gasteiger partial charge in [-0.05, 0) is 23.3 Å². The summed E-state index contributed by atoms with van der Waals surface area (Å²) in [6, 6.07) is 34.7. The summed E-state index contributed by atoms with van der Waals surface area (Å²) < 4.78 is 17.4. The Hall–Kier alpha value is -3.34. The van der Waals surface area contributed by atoms with E-state index in [1.165, 1.54) is 11.8 Å². The van der Waals surface area contributed by atoms with E-state index in [9.17, 15) is 9.90 Å². The minimum Gasteiger partial charge on any atom is -0.431 e. The molecule has 11 heteroatoms. The number of anilines is 1. The van der Waals surface area contributed by atoms with Crippen molar-refractivity contribution in [2.45, 2.75) is 41.0 Å². The van der Waals surface area contributed by atoms with Crippen molar-refractivity contribution in [3.8, 4) is 22.6 Å². The molecule has 1 fully saturated rings. The van der Waals surface area contributed by atoms with Crippen LogP contribution in [0, 0.1) is 5.92 Å². The number of carbonyl (C=O) groups is 1. The topological polar surface area (TPSA) is 93.8 Å². The Labute approximate surface area is 292 Å². The number of ether oxygens (including phenoxy) is 2. The zero-order chi connectivity index (χ0) is 33.0. The second kappa shape index (κ2) is 14.8. The van der Waals surface area contributed by atoms with Crippen LogP contribution in [0.15, 0.2) is 119 Å². The molecule has 6 rings (SSSR count). The van der Waals surface area contributed by atoms with Crippen molar-refractivity contribution in [3.05, 3.63) is 126 Å². The Bertz CT molecular complexity index is 1730. The standard InChI is InChI=1S/C36H31Cl3N2O5S/c1-22-29(21-47-35-41-30(24-8-4-2-5-9-24)32(46-35)25-10-6-3-7-11-25)44-33(45-31(22)26-14-12-23(20-42)13-15-26)27-16-18-28(19-17-27)40-34(43)36(37,38)39/h2-19,22,29,31,33,42H,20-21H2,1H3,(H,40,43)/t22-,29+,31+,33+/m1/s1. The normalized spacial score (nSPS) is 19.8. The van der Waals surface area contributed by atoms with Gasteiger partial charge in [0.25, 0.3) is 14.9 Å². The van der Waals surface area contributed by atoms with E-state index in [0.29, 0.717) is 22.4 Å². The number of hydrogen-bond acceptors (Lipinski definition) is 7. The third-order valence-electron chi connectivity index (χ3n) is 7.88. The lowest BCUT2D eigenvalue weighted by atomic mass is 9.91. The predicted molar refractivity (Wildman–Crippen MR) is 186 cm³/mol. The number of rotatable bonds is 9. The van der Waals surface area contributed by atoms with Crippen LogP contribution in [0.3, 0.4) is 0 Å². The van der Waals surface area contributed by atoms with E-state index in [0.717, 1.165) is 33.5 Å². The highest BCUT2D eigenvalue weighted by molar-refractivity contribution is 7.99. The van der Waals surface area contributed by atoms with Crippen LogP contribution >= 0.6 is 46.6 Å². The Balaban J connectivity index is 1.26. The number of aliphatic hydroxyl groups is 1. The number of amides is 1. The highest BCUT2D eigenvalue weighted by Crippen LogP contribution is 2.44. The molecule has 2 heterocycles. The van der Waals surface area contributed by atoms with Crippen molar-refractivity contribution >= 4 is 58.2 Å². The van der Waals surface area contributed by atoms with Crippen molar-refractivity contribution in [2.75, 3.05) is 11.1 Å². The summed E-state index contributed by atoms with van der Waals surface area (Å²) >= 11 is 18.6. The summed E-state index contributed by atoms with van der Waals surface area (Å²) in [5, 5.41) is 12.7. The SMILES string of the molecule is C[C@@H]1[C@H](CSc2nc(-c3ccccc3)c(-c3ccccc3)o2)O[C@H](c2ccc(NC(=O)C(Cl)(Cl)Cl)cc2)O[C@@H]1c1ccc(CO)cc1. The maximum atomic E-state index is 12.1. The number of nitrogens with zero attached hydrogens (tertiary/aromatic N) is 1. The van der Waals surface area contributed by atoms with Gasteiger partial charge in [-0.25, -0.2) is 4.98 Å². The Kier molecular flexibility index (Phi) is 10.6. The van der Waals surface area contributed by atoms with E-state index in [1.807, 2.05) is 84.9 Å². The monoisotopic (exact) mass is 708 g/mol. The number of alkyl halides is 3. The number of hydrogen-bond donors (Lipinski definition) is 2. The largest absolute Gasteiger partial charge is 0.431 e. The number of nitrogens with one attached hydrogen (secondary N) is 1. The molecule has 0 saturated carbocycles. The predicted octanol–water partition coefficient (Wildman–Crippen LogP) is 9.39. The van der Waals surface area contributed by atoms with Gasteiger partial charge in [0.15, 0.2) is 12.1 Å². The van der Waals surface area contributed by atoms with E-state index in [4.69, 9.17) is 53.7 Å². The fraction of sp³-hybridized carbons (Fsp3) is 0.222. The molecule has 1 saturated heterocycles. The minimum atomic E-state index is -2.08. The average Bonchev–Trinajstić information content (AvgIpc) is 3.53. The maximum Gasteiger partial charge on any atom is 0.276 e. The second-order valence-corrected chi connectivity index (χ2v) is 14.3. The van der Waals surface area contributed by atoms with Crippen LogP contribution in [0.25, 0.3) is 22.6 Å². The molecule has 7 nitrogen and oxygen atoms in total. The lowest BCUT2D eigenvalue weighted by Crippen LogP contribution is -2.38. The lowest BCUT2D eigenvalue weighted by molar-refractivity contribution is -0.268. The summed E-state index contributed by atoms with van der Waals surface area (Å²) in [7, 11) is 0. The van der Waals surface area contributed by atoms with Gasteiger partial charge in [0.05, 0.1) is 18.8 Å². The molecule has 1 aromatic heterocycles. The van der Waals surface area contributed by atoms with E-state index < -0.39 is 16.0 Å². The molecular formula is C36H31Cl3N2O5S. The molecule has 5 aromatic rings. The first kappa shape index (κ1) is 33.6. The van der Waals surface area contributed by atoms with Gasteiger partial charge in [-0.15, -0.1) is 0 Å². The zero-order valence-corrected chi connectivity index (χ0v) is 28.3. The maximum absolute atomic E-state index is 12.1. The van der Waals surface area contributed by atoms with Gasteiger partial charge in [0.2, 0.25) is 0 Å². The van der Waals surface area contributed by atoms with Crippen LogP contribution in [0.1, 0.15) is 36.0 Å². The highest BCUT2D eigenvalue weighted by Gasteiger charge is 2.39. The van der Waals surface area contributed by atoms with Gasteiger partial charge in [0.1, 0.15) is 5.69 Å². The van der Waals surface area contributed by atoms with E-state index in [2.05, 4.69) is 12.2 Å². The summed E-state index contributed by atoms with van der Waals surface area (Å²) in [5.74, 6) is 0.461. The molecule has 1 aliphatic heterocycles. The number of thioether (sulfide) groups is 1. The highest BCUT2D eigenvalue weighted by atomic mass is 35.6. The molecule has 242 valence electrons. The Morgan fingerprint density at radius 1 is 0.851 bits per heavy atom. The molecule has 4 atom stereocenters. The fourth-order valence-electron chi connectivity index (χ4n) is 5.33. The smallest absolute Gasteiger partial charge is 0.276 e. The van der Waals surface area contributed by atoms with Crippen molar-refractivity contribution in [1.82, 2.24) is 4.98 Å². The van der Waals surface area contributed by atoms with E-state index in [1.54, 1.807) is 24.3 Å². The minimum absolute atomic E-state index is 0.0421. The average molecular weight is 710 g/mol. The number of aromatic nitrogens is 1. The van der Waals surface area contributed by atoms with E-state index >= 15 is 0 Å². The third-order valence-corrected chi connectivity index (χ3v) is 9.32. The molecule has 4 aromatic carbocycles. The van der Waals surface area contributed by atoms with Crippen LogP contribution in [0.5, 0.6) is 0 Å². The first-order valence-corrected chi connectivity index (χ1v) is 17.0. The van der Waals surface area contributed by atoms with Crippen LogP contribution < -0.4 is 5.32 Å². The number of oxazole rings is 1. The van der Waals surface area contributed by atoms with Gasteiger partial charge in [-0.3, -0.25) is 4.79 Å². The van der Waals surface area contributed by atoms with Crippen molar-refractivity contribution < 1.29 is 23.8 Å². The second-order valence-electron chi connectivity index (χ2n) is 11.1. The van der Waals surface area contributed by atoms with Crippen LogP contribution in [-0.4, -0.2) is 31.6 Å².